The van der Waals surface area contributed by atoms with Crippen molar-refractivity contribution in [2.75, 3.05) is 20.0 Å². The molecule has 1 aromatic carbocycles. The van der Waals surface area contributed by atoms with E-state index in [1.165, 1.54) is 20.3 Å². The molecular weight excluding hydrogens is 236 g/mol. The van der Waals surface area contributed by atoms with Crippen LogP contribution >= 0.6 is 0 Å². The van der Waals surface area contributed by atoms with Gasteiger partial charge in [0.05, 0.1) is 19.1 Å². The maximum absolute atomic E-state index is 10.9. The fourth-order valence-electron chi connectivity index (χ4n) is 1.84. The summed E-state index contributed by atoms with van der Waals surface area (Å²) in [5.74, 6) is 0.487. The lowest BCUT2D eigenvalue weighted by atomic mass is 10.0. The van der Waals surface area contributed by atoms with E-state index in [0.29, 0.717) is 17.9 Å². The third kappa shape index (κ3) is 2.64. The number of hydrogen-bond donors (Lipinski definition) is 1. The van der Waals surface area contributed by atoms with Crippen molar-refractivity contribution in [3.63, 3.8) is 0 Å². The number of anilines is 1. The molecule has 0 amide bonds. The normalized spacial score (nSPS) is 10.2. The van der Waals surface area contributed by atoms with E-state index in [1.54, 1.807) is 0 Å². The molecule has 0 unspecified atom stereocenters. The number of nitro benzene ring substituents is 1. The first-order valence-corrected chi connectivity index (χ1v) is 5.74. The van der Waals surface area contributed by atoms with Crippen molar-refractivity contribution in [1.29, 1.82) is 0 Å². The molecule has 0 aliphatic rings. The molecule has 0 aromatic heterocycles. The van der Waals surface area contributed by atoms with Crippen molar-refractivity contribution in [3.8, 4) is 11.5 Å². The molecule has 0 spiro atoms. The Kier molecular flexibility index (Phi) is 4.76. The van der Waals surface area contributed by atoms with E-state index < -0.39 is 4.92 Å². The number of nitrogens with two attached hydrogens (primary N) is 1. The number of nitro groups is 1. The van der Waals surface area contributed by atoms with E-state index >= 15 is 0 Å². The lowest BCUT2D eigenvalue weighted by molar-refractivity contribution is -0.385. The first-order valence-electron chi connectivity index (χ1n) is 5.74. The summed E-state index contributed by atoms with van der Waals surface area (Å²) in [6.07, 6.45) is 2.64. The van der Waals surface area contributed by atoms with E-state index in [2.05, 4.69) is 6.92 Å². The maximum Gasteiger partial charge on any atom is 0.316 e. The summed E-state index contributed by atoms with van der Waals surface area (Å²) in [7, 11) is 2.83. The Morgan fingerprint density at radius 2 is 1.94 bits per heavy atom. The van der Waals surface area contributed by atoms with Gasteiger partial charge in [-0.05, 0) is 12.8 Å². The second-order valence-corrected chi connectivity index (χ2v) is 3.89. The predicted octanol–water partition coefficient (Wildman–Crippen LogP) is 2.54. The van der Waals surface area contributed by atoms with Gasteiger partial charge in [-0.15, -0.1) is 0 Å². The summed E-state index contributed by atoms with van der Waals surface area (Å²) in [5.41, 5.74) is 6.82. The second kappa shape index (κ2) is 6.09. The van der Waals surface area contributed by atoms with Crippen LogP contribution in [0.2, 0.25) is 0 Å². The smallest absolute Gasteiger partial charge is 0.316 e. The van der Waals surface area contributed by atoms with Gasteiger partial charge in [-0.2, -0.15) is 0 Å². The quantitative estimate of drug-likeness (QED) is 0.479. The molecule has 0 atom stereocenters. The molecule has 2 N–H and O–H groups in total. The molecular formula is C12H18N2O4. The summed E-state index contributed by atoms with van der Waals surface area (Å²) >= 11 is 0. The molecule has 0 fully saturated rings. The second-order valence-electron chi connectivity index (χ2n) is 3.89. The Labute approximate surface area is 106 Å². The Morgan fingerprint density at radius 1 is 1.33 bits per heavy atom. The molecule has 0 radical (unpaired) electrons. The van der Waals surface area contributed by atoms with Gasteiger partial charge in [0.1, 0.15) is 0 Å². The Hall–Kier alpha value is -1.98. The lowest BCUT2D eigenvalue weighted by Crippen LogP contribution is -2.04. The predicted molar refractivity (Wildman–Crippen MR) is 69.2 cm³/mol. The van der Waals surface area contributed by atoms with Crippen molar-refractivity contribution < 1.29 is 14.4 Å². The largest absolute Gasteiger partial charge is 0.492 e. The van der Waals surface area contributed by atoms with Crippen molar-refractivity contribution in [2.24, 2.45) is 0 Å². The monoisotopic (exact) mass is 254 g/mol. The molecule has 100 valence electrons. The topological polar surface area (TPSA) is 87.6 Å². The van der Waals surface area contributed by atoms with Crippen LogP contribution in [0.15, 0.2) is 6.07 Å². The van der Waals surface area contributed by atoms with Crippen LogP contribution in [-0.2, 0) is 6.42 Å². The highest BCUT2D eigenvalue weighted by Gasteiger charge is 2.25. The molecule has 0 heterocycles. The van der Waals surface area contributed by atoms with Gasteiger partial charge >= 0.3 is 5.69 Å². The highest BCUT2D eigenvalue weighted by Crippen LogP contribution is 2.43. The number of methoxy groups -OCH3 is 2. The zero-order valence-electron chi connectivity index (χ0n) is 10.9. The summed E-state index contributed by atoms with van der Waals surface area (Å²) < 4.78 is 10.3. The van der Waals surface area contributed by atoms with Crippen LogP contribution in [-0.4, -0.2) is 19.1 Å². The minimum Gasteiger partial charge on any atom is -0.492 e. The number of unbranched alkanes of at least 4 members (excludes halogenated alkanes) is 1. The number of benzene rings is 1. The fraction of sp³-hybridized carbons (Fsp3) is 0.500. The fourth-order valence-corrected chi connectivity index (χ4v) is 1.84. The maximum atomic E-state index is 10.9. The standard InChI is InChI=1S/C12H18N2O4/c1-4-5-6-8-9(13)7-10(14(15)16)12(18-3)11(8)17-2/h7H,4-6,13H2,1-3H3. The van der Waals surface area contributed by atoms with Gasteiger partial charge in [0.25, 0.3) is 0 Å². The van der Waals surface area contributed by atoms with Crippen LogP contribution in [0, 0.1) is 10.1 Å². The van der Waals surface area contributed by atoms with E-state index in [1.807, 2.05) is 0 Å². The number of ether oxygens (including phenoxy) is 2. The van der Waals surface area contributed by atoms with Crippen molar-refractivity contribution in [2.45, 2.75) is 26.2 Å². The number of nitrogen functional groups attached to an aromatic ring is 1. The lowest BCUT2D eigenvalue weighted by Gasteiger charge is -2.15. The van der Waals surface area contributed by atoms with Crippen molar-refractivity contribution in [1.82, 2.24) is 0 Å². The molecule has 0 aliphatic heterocycles. The molecule has 0 aliphatic carbocycles. The number of hydrogen-bond acceptors (Lipinski definition) is 5. The van der Waals surface area contributed by atoms with Crippen LogP contribution in [0.3, 0.4) is 0 Å². The van der Waals surface area contributed by atoms with Gasteiger partial charge in [-0.25, -0.2) is 0 Å². The summed E-state index contributed by atoms with van der Waals surface area (Å²) in [6, 6.07) is 1.33. The molecule has 1 rings (SSSR count). The third-order valence-electron chi connectivity index (χ3n) is 2.74. The summed E-state index contributed by atoms with van der Waals surface area (Å²) in [6.45, 7) is 2.06. The summed E-state index contributed by atoms with van der Waals surface area (Å²) in [5, 5.41) is 10.9. The van der Waals surface area contributed by atoms with E-state index in [0.717, 1.165) is 18.4 Å². The van der Waals surface area contributed by atoms with E-state index in [-0.39, 0.29) is 11.4 Å². The Balaban J connectivity index is 3.40. The van der Waals surface area contributed by atoms with Gasteiger partial charge in [0.2, 0.25) is 5.75 Å². The molecule has 1 aromatic rings. The first kappa shape index (κ1) is 14.1. The zero-order chi connectivity index (χ0) is 13.7. The Morgan fingerprint density at radius 3 is 2.39 bits per heavy atom. The molecule has 0 saturated heterocycles. The van der Waals surface area contributed by atoms with Crippen molar-refractivity contribution >= 4 is 11.4 Å². The minimum atomic E-state index is -0.526. The van der Waals surface area contributed by atoms with E-state index in [9.17, 15) is 10.1 Å². The van der Waals surface area contributed by atoms with Gasteiger partial charge < -0.3 is 15.2 Å². The van der Waals surface area contributed by atoms with Crippen LogP contribution in [0.5, 0.6) is 11.5 Å². The van der Waals surface area contributed by atoms with Crippen LogP contribution in [0.4, 0.5) is 11.4 Å². The average Bonchev–Trinajstić information content (AvgIpc) is 2.35. The zero-order valence-corrected chi connectivity index (χ0v) is 10.9. The van der Waals surface area contributed by atoms with Crippen LogP contribution in [0.25, 0.3) is 0 Å². The highest BCUT2D eigenvalue weighted by atomic mass is 16.6. The highest BCUT2D eigenvalue weighted by molar-refractivity contribution is 5.69. The van der Waals surface area contributed by atoms with Crippen LogP contribution < -0.4 is 15.2 Å². The first-order chi connectivity index (χ1) is 8.56. The molecule has 6 heteroatoms. The Bertz CT molecular complexity index is 446. The molecule has 0 bridgehead atoms. The minimum absolute atomic E-state index is 0.128. The SMILES string of the molecule is CCCCc1c(N)cc([N+](=O)[O-])c(OC)c1OC. The number of rotatable bonds is 6. The molecule has 0 saturated carbocycles. The van der Waals surface area contributed by atoms with Crippen molar-refractivity contribution in [3.05, 3.63) is 21.7 Å². The van der Waals surface area contributed by atoms with Gasteiger partial charge in [0.15, 0.2) is 5.75 Å². The van der Waals surface area contributed by atoms with Gasteiger partial charge in [0, 0.05) is 17.3 Å². The van der Waals surface area contributed by atoms with Gasteiger partial charge in [-0.1, -0.05) is 13.3 Å². The van der Waals surface area contributed by atoms with Gasteiger partial charge in [-0.3, -0.25) is 10.1 Å². The van der Waals surface area contributed by atoms with E-state index in [4.69, 9.17) is 15.2 Å². The summed E-state index contributed by atoms with van der Waals surface area (Å²) in [4.78, 5) is 10.4. The van der Waals surface area contributed by atoms with Crippen LogP contribution in [0.1, 0.15) is 25.3 Å². The molecule has 18 heavy (non-hydrogen) atoms. The number of nitrogens with zero attached hydrogens (tertiary/aromatic N) is 1. The average molecular weight is 254 g/mol. The molecule has 6 nitrogen and oxygen atoms in total. The third-order valence-corrected chi connectivity index (χ3v) is 2.74.